The molecule has 2 aromatic heterocycles. The maximum atomic E-state index is 12.1. The molecule has 0 aliphatic carbocycles. The summed E-state index contributed by atoms with van der Waals surface area (Å²) in [6.07, 6.45) is -1.11. The lowest BCUT2D eigenvalue weighted by Crippen LogP contribution is -2.25. The number of fused-ring (bicyclic) bond motifs is 1. The third kappa shape index (κ3) is 2.11. The normalized spacial score (nSPS) is 25.2. The van der Waals surface area contributed by atoms with Crippen LogP contribution in [0.1, 0.15) is 12.6 Å². The summed E-state index contributed by atoms with van der Waals surface area (Å²) in [5.41, 5.74) is 5.08. The van der Waals surface area contributed by atoms with Gasteiger partial charge in [0, 0.05) is 0 Å². The van der Waals surface area contributed by atoms with Crippen LogP contribution in [0, 0.1) is 17.2 Å². The summed E-state index contributed by atoms with van der Waals surface area (Å²) < 4.78 is 6.82. The molecule has 0 radical (unpaired) electrons. The average molecular weight is 309 g/mol. The van der Waals surface area contributed by atoms with E-state index in [9.17, 15) is 14.9 Å². The van der Waals surface area contributed by atoms with Crippen molar-refractivity contribution in [3.8, 4) is 6.07 Å². The van der Waals surface area contributed by atoms with Crippen LogP contribution in [0.4, 0.5) is 5.95 Å². The lowest BCUT2D eigenvalue weighted by Gasteiger charge is -2.15. The molecule has 0 amide bonds. The van der Waals surface area contributed by atoms with Gasteiger partial charge in [0.05, 0.1) is 24.7 Å². The van der Waals surface area contributed by atoms with Crippen molar-refractivity contribution in [3.63, 3.8) is 0 Å². The van der Waals surface area contributed by atoms with Gasteiger partial charge in [0.2, 0.25) is 5.95 Å². The number of aliphatic hydroxyl groups excluding tert-OH is 1. The number of aromatic amines is 1. The van der Waals surface area contributed by atoms with Crippen LogP contribution in [0.25, 0.3) is 10.3 Å². The Labute approximate surface area is 121 Å². The van der Waals surface area contributed by atoms with Gasteiger partial charge in [-0.25, -0.2) is 0 Å². The van der Waals surface area contributed by atoms with Gasteiger partial charge in [-0.1, -0.05) is 11.3 Å². The molecule has 0 bridgehead atoms. The molecule has 10 heteroatoms. The highest BCUT2D eigenvalue weighted by Gasteiger charge is 2.38. The Kier molecular flexibility index (Phi) is 3.25. The fourth-order valence-corrected chi connectivity index (χ4v) is 3.23. The highest BCUT2D eigenvalue weighted by molar-refractivity contribution is 7.16. The van der Waals surface area contributed by atoms with Crippen LogP contribution in [0.5, 0.6) is 0 Å². The summed E-state index contributed by atoms with van der Waals surface area (Å²) in [5.74, 6) is -0.732. The number of anilines is 1. The highest BCUT2D eigenvalue weighted by atomic mass is 32.1. The van der Waals surface area contributed by atoms with Crippen LogP contribution < -0.4 is 16.2 Å². The zero-order valence-corrected chi connectivity index (χ0v) is 11.5. The molecule has 1 aliphatic rings. The third-order valence-corrected chi connectivity index (χ3v) is 4.25. The molecule has 3 rings (SSSR count). The monoisotopic (exact) mass is 309 g/mol. The molecule has 21 heavy (non-hydrogen) atoms. The summed E-state index contributed by atoms with van der Waals surface area (Å²) in [7, 11) is 0. The first-order valence-corrected chi connectivity index (χ1v) is 6.93. The van der Waals surface area contributed by atoms with Crippen molar-refractivity contribution in [2.24, 2.45) is 5.92 Å². The van der Waals surface area contributed by atoms with Crippen molar-refractivity contribution in [1.29, 1.82) is 5.26 Å². The van der Waals surface area contributed by atoms with Crippen LogP contribution in [-0.4, -0.2) is 32.4 Å². The standard InChI is InChI=1S/C11H11N5O4S/c12-2-4-1-5(3-17)20-9(4)16-7-6(21-11(16)19)8(18)15-10(13)14-7/h4-5,9,17H,1,3H2,(H3,13,14,15,18)/t4-,5-,9+/m0/s1. The second-order valence-electron chi connectivity index (χ2n) is 4.64. The Morgan fingerprint density at radius 3 is 3.05 bits per heavy atom. The molecular weight excluding hydrogens is 298 g/mol. The van der Waals surface area contributed by atoms with Gasteiger partial charge in [-0.3, -0.25) is 19.1 Å². The molecule has 1 fully saturated rings. The van der Waals surface area contributed by atoms with E-state index < -0.39 is 28.7 Å². The van der Waals surface area contributed by atoms with Crippen molar-refractivity contribution < 1.29 is 9.84 Å². The number of aliphatic hydroxyl groups is 1. The summed E-state index contributed by atoms with van der Waals surface area (Å²) in [6.45, 7) is -0.248. The number of nitrogens with one attached hydrogen (secondary N) is 1. The van der Waals surface area contributed by atoms with E-state index in [1.165, 1.54) is 0 Å². The largest absolute Gasteiger partial charge is 0.394 e. The van der Waals surface area contributed by atoms with E-state index in [1.54, 1.807) is 0 Å². The third-order valence-electron chi connectivity index (χ3n) is 3.31. The number of thiazole rings is 1. The first-order chi connectivity index (χ1) is 10.0. The lowest BCUT2D eigenvalue weighted by atomic mass is 10.1. The van der Waals surface area contributed by atoms with Crippen LogP contribution in [0.3, 0.4) is 0 Å². The minimum absolute atomic E-state index is 0.0927. The fourth-order valence-electron chi connectivity index (χ4n) is 2.39. The Balaban J connectivity index is 2.21. The zero-order valence-electron chi connectivity index (χ0n) is 10.6. The SMILES string of the molecule is N#C[C@@H]1C[C@@H](CO)O[C@H]1n1c(=O)sc2c(=O)[nH]c(N)nc21. The molecule has 0 unspecified atom stereocenters. The van der Waals surface area contributed by atoms with E-state index in [1.807, 2.05) is 0 Å². The maximum Gasteiger partial charge on any atom is 0.311 e. The Bertz CT molecular complexity index is 847. The molecule has 0 aromatic carbocycles. The summed E-state index contributed by atoms with van der Waals surface area (Å²) in [4.78, 5) is 29.7. The summed E-state index contributed by atoms with van der Waals surface area (Å²) >= 11 is 0.716. The van der Waals surface area contributed by atoms with E-state index in [0.717, 1.165) is 4.57 Å². The van der Waals surface area contributed by atoms with Gasteiger partial charge in [-0.2, -0.15) is 10.2 Å². The van der Waals surface area contributed by atoms with E-state index in [4.69, 9.17) is 15.6 Å². The molecule has 0 spiro atoms. The maximum absolute atomic E-state index is 12.1. The van der Waals surface area contributed by atoms with E-state index in [2.05, 4.69) is 16.0 Å². The fraction of sp³-hybridized carbons (Fsp3) is 0.455. The van der Waals surface area contributed by atoms with E-state index >= 15 is 0 Å². The predicted molar refractivity (Wildman–Crippen MR) is 73.6 cm³/mol. The van der Waals surface area contributed by atoms with E-state index in [-0.39, 0.29) is 22.9 Å². The van der Waals surface area contributed by atoms with Crippen molar-refractivity contribution in [2.45, 2.75) is 18.8 Å². The number of nitrogens with zero attached hydrogens (tertiary/aromatic N) is 3. The summed E-state index contributed by atoms with van der Waals surface area (Å²) in [5, 5.41) is 18.3. The van der Waals surface area contributed by atoms with Gasteiger partial charge in [0.15, 0.2) is 11.9 Å². The van der Waals surface area contributed by atoms with Gasteiger partial charge in [-0.15, -0.1) is 0 Å². The van der Waals surface area contributed by atoms with Gasteiger partial charge < -0.3 is 15.6 Å². The number of nitrogens with two attached hydrogens (primary N) is 1. The number of rotatable bonds is 2. The second-order valence-corrected chi connectivity index (χ2v) is 5.61. The molecule has 2 aromatic rings. The van der Waals surface area contributed by atoms with Crippen molar-refractivity contribution in [2.75, 3.05) is 12.3 Å². The molecule has 4 N–H and O–H groups in total. The topological polar surface area (TPSA) is 147 Å². The quantitative estimate of drug-likeness (QED) is 0.654. The molecular formula is C11H11N5O4S. The molecule has 3 atom stereocenters. The second kappa shape index (κ2) is 4.96. The number of hydrogen-bond acceptors (Lipinski definition) is 8. The lowest BCUT2D eigenvalue weighted by molar-refractivity contribution is -0.0272. The highest BCUT2D eigenvalue weighted by Crippen LogP contribution is 2.34. The van der Waals surface area contributed by atoms with Gasteiger partial charge in [-0.05, 0) is 6.42 Å². The van der Waals surface area contributed by atoms with Crippen LogP contribution in [-0.2, 0) is 4.74 Å². The Morgan fingerprint density at radius 2 is 2.38 bits per heavy atom. The molecule has 110 valence electrons. The molecule has 3 heterocycles. The van der Waals surface area contributed by atoms with E-state index in [0.29, 0.717) is 17.8 Å². The molecule has 9 nitrogen and oxygen atoms in total. The Hall–Kier alpha value is -2.22. The minimum Gasteiger partial charge on any atom is -0.394 e. The number of aromatic nitrogens is 3. The number of hydrogen-bond donors (Lipinski definition) is 3. The predicted octanol–water partition coefficient (Wildman–Crippen LogP) is -0.852. The molecule has 0 saturated carbocycles. The number of nitrogen functional groups attached to an aromatic ring is 1. The summed E-state index contributed by atoms with van der Waals surface area (Å²) in [6, 6.07) is 2.05. The number of H-pyrrole nitrogens is 1. The molecule has 1 saturated heterocycles. The number of ether oxygens (including phenoxy) is 1. The van der Waals surface area contributed by atoms with Crippen molar-refractivity contribution >= 4 is 27.6 Å². The van der Waals surface area contributed by atoms with Crippen LogP contribution in [0.15, 0.2) is 9.59 Å². The van der Waals surface area contributed by atoms with Crippen molar-refractivity contribution in [3.05, 3.63) is 20.0 Å². The van der Waals surface area contributed by atoms with Crippen molar-refractivity contribution in [1.82, 2.24) is 14.5 Å². The smallest absolute Gasteiger partial charge is 0.311 e. The average Bonchev–Trinajstić information content (AvgIpc) is 2.99. The first-order valence-electron chi connectivity index (χ1n) is 6.12. The minimum atomic E-state index is -0.887. The van der Waals surface area contributed by atoms with Gasteiger partial charge in [0.1, 0.15) is 4.70 Å². The van der Waals surface area contributed by atoms with Crippen LogP contribution in [0.2, 0.25) is 0 Å². The molecule has 1 aliphatic heterocycles. The number of nitriles is 1. The van der Waals surface area contributed by atoms with Gasteiger partial charge in [0.25, 0.3) is 5.56 Å². The van der Waals surface area contributed by atoms with Gasteiger partial charge >= 0.3 is 4.87 Å². The first kappa shape index (κ1) is 13.7. The van der Waals surface area contributed by atoms with Crippen LogP contribution >= 0.6 is 11.3 Å². The Morgan fingerprint density at radius 1 is 1.62 bits per heavy atom. The zero-order chi connectivity index (χ0) is 15.1.